The molecular weight excluding hydrogens is 375 g/mol. The van der Waals surface area contributed by atoms with Crippen molar-refractivity contribution in [1.29, 1.82) is 0 Å². The van der Waals surface area contributed by atoms with Crippen LogP contribution in [0.15, 0.2) is 42.5 Å². The lowest BCUT2D eigenvalue weighted by Crippen LogP contribution is -2.37. The SMILES string of the molecule is CC(CCCC1OCC(C)(C)CO1)Cc1ccc(-c2ccc(C(C)C)cc2F)cc1. The van der Waals surface area contributed by atoms with Crippen LogP contribution in [0.3, 0.4) is 0 Å². The van der Waals surface area contributed by atoms with Crippen molar-refractivity contribution in [1.82, 2.24) is 0 Å². The van der Waals surface area contributed by atoms with Gasteiger partial charge < -0.3 is 9.47 Å². The minimum absolute atomic E-state index is 0.0403. The zero-order valence-electron chi connectivity index (χ0n) is 19.2. The lowest BCUT2D eigenvalue weighted by atomic mass is 9.93. The summed E-state index contributed by atoms with van der Waals surface area (Å²) in [7, 11) is 0. The van der Waals surface area contributed by atoms with E-state index in [1.54, 1.807) is 6.07 Å². The molecule has 1 atom stereocenters. The molecule has 0 amide bonds. The highest BCUT2D eigenvalue weighted by Crippen LogP contribution is 2.28. The quantitative estimate of drug-likeness (QED) is 0.451. The summed E-state index contributed by atoms with van der Waals surface area (Å²) in [5, 5.41) is 0. The Morgan fingerprint density at radius 2 is 1.67 bits per heavy atom. The van der Waals surface area contributed by atoms with E-state index < -0.39 is 0 Å². The van der Waals surface area contributed by atoms with Gasteiger partial charge in [-0.05, 0) is 53.9 Å². The van der Waals surface area contributed by atoms with Crippen LogP contribution in [-0.4, -0.2) is 19.5 Å². The van der Waals surface area contributed by atoms with Crippen molar-refractivity contribution in [2.24, 2.45) is 11.3 Å². The normalized spacial score (nSPS) is 18.0. The van der Waals surface area contributed by atoms with E-state index in [1.807, 2.05) is 24.3 Å². The molecule has 0 bridgehead atoms. The molecule has 1 aliphatic heterocycles. The van der Waals surface area contributed by atoms with Crippen LogP contribution in [0.5, 0.6) is 0 Å². The summed E-state index contributed by atoms with van der Waals surface area (Å²) in [6.45, 7) is 12.4. The van der Waals surface area contributed by atoms with Gasteiger partial charge in [-0.25, -0.2) is 4.39 Å². The Balaban J connectivity index is 1.47. The third-order valence-electron chi connectivity index (χ3n) is 5.97. The van der Waals surface area contributed by atoms with Crippen molar-refractivity contribution in [2.75, 3.05) is 13.2 Å². The second-order valence-corrected chi connectivity index (χ2v) is 10.0. The molecule has 3 heteroatoms. The molecule has 164 valence electrons. The first-order chi connectivity index (χ1) is 14.2. The predicted molar refractivity (Wildman–Crippen MR) is 122 cm³/mol. The smallest absolute Gasteiger partial charge is 0.157 e. The molecule has 3 rings (SSSR count). The van der Waals surface area contributed by atoms with Crippen molar-refractivity contribution in [3.8, 4) is 11.1 Å². The topological polar surface area (TPSA) is 18.5 Å². The van der Waals surface area contributed by atoms with Gasteiger partial charge in [0.1, 0.15) is 5.82 Å². The Bertz CT molecular complexity index is 800. The van der Waals surface area contributed by atoms with Gasteiger partial charge in [-0.3, -0.25) is 0 Å². The fourth-order valence-electron chi connectivity index (χ4n) is 3.98. The van der Waals surface area contributed by atoms with Crippen molar-refractivity contribution in [2.45, 2.75) is 72.5 Å². The summed E-state index contributed by atoms with van der Waals surface area (Å²) in [6.07, 6.45) is 4.22. The second kappa shape index (κ2) is 10.1. The Morgan fingerprint density at radius 3 is 2.27 bits per heavy atom. The summed E-state index contributed by atoms with van der Waals surface area (Å²) in [6, 6.07) is 13.9. The molecule has 0 saturated carbocycles. The molecule has 1 fully saturated rings. The maximum Gasteiger partial charge on any atom is 0.157 e. The van der Waals surface area contributed by atoms with E-state index >= 15 is 0 Å². The zero-order valence-corrected chi connectivity index (χ0v) is 19.2. The van der Waals surface area contributed by atoms with Crippen LogP contribution >= 0.6 is 0 Å². The van der Waals surface area contributed by atoms with E-state index in [4.69, 9.17) is 9.47 Å². The molecule has 1 aliphatic rings. The van der Waals surface area contributed by atoms with Gasteiger partial charge in [0.2, 0.25) is 0 Å². The van der Waals surface area contributed by atoms with Gasteiger partial charge in [-0.15, -0.1) is 0 Å². The molecule has 2 aromatic carbocycles. The number of rotatable bonds is 8. The van der Waals surface area contributed by atoms with Crippen LogP contribution in [0.1, 0.15) is 70.9 Å². The fourth-order valence-corrected chi connectivity index (χ4v) is 3.98. The van der Waals surface area contributed by atoms with E-state index in [1.165, 1.54) is 5.56 Å². The first kappa shape index (κ1) is 23.0. The first-order valence-electron chi connectivity index (χ1n) is 11.4. The third-order valence-corrected chi connectivity index (χ3v) is 5.97. The molecule has 0 aromatic heterocycles. The molecule has 0 radical (unpaired) electrons. The van der Waals surface area contributed by atoms with Gasteiger partial charge in [0.25, 0.3) is 0 Å². The molecule has 1 unspecified atom stereocenters. The molecule has 2 nitrogen and oxygen atoms in total. The average molecular weight is 413 g/mol. The third kappa shape index (κ3) is 6.39. The standard InChI is InChI=1S/C27H37FO2/c1-19(2)23-13-14-24(25(28)16-23)22-11-9-21(10-12-22)15-20(3)7-6-8-26-29-17-27(4,5)18-30-26/h9-14,16,19-20,26H,6-8,15,17-18H2,1-5H3. The predicted octanol–water partition coefficient (Wildman–Crippen LogP) is 7.36. The summed E-state index contributed by atoms with van der Waals surface area (Å²) < 4.78 is 26.2. The monoisotopic (exact) mass is 412 g/mol. The Morgan fingerprint density at radius 1 is 1.00 bits per heavy atom. The van der Waals surface area contributed by atoms with E-state index in [2.05, 4.69) is 46.8 Å². The van der Waals surface area contributed by atoms with Crippen molar-refractivity contribution < 1.29 is 13.9 Å². The minimum Gasteiger partial charge on any atom is -0.352 e. The maximum atomic E-state index is 14.5. The number of ether oxygens (including phenoxy) is 2. The molecule has 0 N–H and O–H groups in total. The van der Waals surface area contributed by atoms with Gasteiger partial charge in [0.15, 0.2) is 6.29 Å². The summed E-state index contributed by atoms with van der Waals surface area (Å²) in [5.41, 5.74) is 4.09. The minimum atomic E-state index is -0.141. The molecule has 30 heavy (non-hydrogen) atoms. The Hall–Kier alpha value is -1.71. The molecule has 1 saturated heterocycles. The average Bonchev–Trinajstić information content (AvgIpc) is 2.70. The van der Waals surface area contributed by atoms with E-state index in [-0.39, 0.29) is 17.5 Å². The molecule has 0 aliphatic carbocycles. The number of hydrogen-bond donors (Lipinski definition) is 0. The Labute approximate surface area is 181 Å². The summed E-state index contributed by atoms with van der Waals surface area (Å²) in [4.78, 5) is 0. The van der Waals surface area contributed by atoms with Crippen LogP contribution in [-0.2, 0) is 15.9 Å². The lowest BCUT2D eigenvalue weighted by Gasteiger charge is -2.34. The highest BCUT2D eigenvalue weighted by atomic mass is 19.1. The molecular formula is C27H37FO2. The van der Waals surface area contributed by atoms with Gasteiger partial charge in [0, 0.05) is 11.0 Å². The zero-order chi connectivity index (χ0) is 21.7. The molecule has 1 heterocycles. The van der Waals surface area contributed by atoms with E-state index in [0.29, 0.717) is 17.4 Å². The highest BCUT2D eigenvalue weighted by Gasteiger charge is 2.27. The van der Waals surface area contributed by atoms with Crippen molar-refractivity contribution in [3.05, 3.63) is 59.4 Å². The highest BCUT2D eigenvalue weighted by molar-refractivity contribution is 5.65. The number of benzene rings is 2. The van der Waals surface area contributed by atoms with Gasteiger partial charge >= 0.3 is 0 Å². The van der Waals surface area contributed by atoms with Gasteiger partial charge in [-0.2, -0.15) is 0 Å². The largest absolute Gasteiger partial charge is 0.352 e. The number of halogens is 1. The maximum absolute atomic E-state index is 14.5. The lowest BCUT2D eigenvalue weighted by molar-refractivity contribution is -0.224. The van der Waals surface area contributed by atoms with Gasteiger partial charge in [-0.1, -0.05) is 77.4 Å². The fraction of sp³-hybridized carbons (Fsp3) is 0.556. The summed E-state index contributed by atoms with van der Waals surface area (Å²) in [5.74, 6) is 0.788. The van der Waals surface area contributed by atoms with Crippen LogP contribution < -0.4 is 0 Å². The van der Waals surface area contributed by atoms with E-state index in [0.717, 1.165) is 50.0 Å². The van der Waals surface area contributed by atoms with E-state index in [9.17, 15) is 4.39 Å². The van der Waals surface area contributed by atoms with Gasteiger partial charge in [0.05, 0.1) is 13.2 Å². The molecule has 0 spiro atoms. The van der Waals surface area contributed by atoms with Crippen LogP contribution in [0.4, 0.5) is 4.39 Å². The first-order valence-corrected chi connectivity index (χ1v) is 11.4. The molecule has 2 aromatic rings. The summed E-state index contributed by atoms with van der Waals surface area (Å²) >= 11 is 0. The van der Waals surface area contributed by atoms with Crippen molar-refractivity contribution >= 4 is 0 Å². The van der Waals surface area contributed by atoms with Crippen LogP contribution in [0.2, 0.25) is 0 Å². The second-order valence-electron chi connectivity index (χ2n) is 10.0. The van der Waals surface area contributed by atoms with Crippen molar-refractivity contribution in [3.63, 3.8) is 0 Å². The van der Waals surface area contributed by atoms with Crippen LogP contribution in [0.25, 0.3) is 11.1 Å². The number of hydrogen-bond acceptors (Lipinski definition) is 2. The Kier molecular flexibility index (Phi) is 7.70. The van der Waals surface area contributed by atoms with Crippen LogP contribution in [0, 0.1) is 17.2 Å².